The Balaban J connectivity index is 1.31. The molecular weight excluding hydrogens is 391 g/mol. The number of aromatic nitrogens is 2. The van der Waals surface area contributed by atoms with E-state index in [2.05, 4.69) is 32.5 Å². The van der Waals surface area contributed by atoms with Crippen molar-refractivity contribution in [2.45, 2.75) is 64.1 Å². The number of carbonyl (C=O) groups excluding carboxylic acids is 1. The molecule has 4 heterocycles. The van der Waals surface area contributed by atoms with Gasteiger partial charge in [0.1, 0.15) is 11.6 Å². The number of aryl methyl sites for hydroxylation is 2. The number of imidazole rings is 1. The van der Waals surface area contributed by atoms with E-state index in [1.165, 1.54) is 12.5 Å². The minimum Gasteiger partial charge on any atom is -0.336 e. The third-order valence-electron chi connectivity index (χ3n) is 7.70. The zero-order chi connectivity index (χ0) is 21.4. The Hall–Kier alpha value is -2.21. The highest BCUT2D eigenvalue weighted by Gasteiger charge is 2.49. The van der Waals surface area contributed by atoms with Crippen LogP contribution in [0.5, 0.6) is 0 Å². The average Bonchev–Trinajstić information content (AvgIpc) is 3.16. The SMILES string of the molecule is Cc1nccn1CCCN1C[C@H]2C[C@@H](C1)[C@H](Cc1cccc(F)c1)N1C(=O)CCC[C@@H]21. The van der Waals surface area contributed by atoms with Crippen LogP contribution < -0.4 is 0 Å². The van der Waals surface area contributed by atoms with Crippen LogP contribution in [0.1, 0.15) is 43.5 Å². The van der Waals surface area contributed by atoms with Crippen LogP contribution in [0.2, 0.25) is 0 Å². The summed E-state index contributed by atoms with van der Waals surface area (Å²) >= 11 is 0. The van der Waals surface area contributed by atoms with Gasteiger partial charge >= 0.3 is 0 Å². The number of benzene rings is 1. The van der Waals surface area contributed by atoms with Gasteiger partial charge in [0.05, 0.1) is 0 Å². The highest BCUT2D eigenvalue weighted by molar-refractivity contribution is 5.78. The lowest BCUT2D eigenvalue weighted by molar-refractivity contribution is -0.152. The molecule has 3 saturated heterocycles. The summed E-state index contributed by atoms with van der Waals surface area (Å²) < 4.78 is 16.1. The van der Waals surface area contributed by atoms with Crippen molar-refractivity contribution in [1.29, 1.82) is 0 Å². The molecule has 6 heteroatoms. The van der Waals surface area contributed by atoms with Crippen LogP contribution in [-0.2, 0) is 17.8 Å². The molecule has 0 spiro atoms. The quantitative estimate of drug-likeness (QED) is 0.711. The molecule has 1 amide bonds. The molecule has 0 N–H and O–H groups in total. The normalized spacial score (nSPS) is 28.6. The van der Waals surface area contributed by atoms with Crippen molar-refractivity contribution in [3.63, 3.8) is 0 Å². The van der Waals surface area contributed by atoms with Crippen LogP contribution in [0.4, 0.5) is 4.39 Å². The third kappa shape index (κ3) is 4.27. The maximum atomic E-state index is 13.8. The van der Waals surface area contributed by atoms with Crippen LogP contribution in [0.15, 0.2) is 36.7 Å². The predicted octanol–water partition coefficient (Wildman–Crippen LogP) is 3.66. The Bertz CT molecular complexity index is 928. The number of carbonyl (C=O) groups is 1. The minimum absolute atomic E-state index is 0.187. The summed E-state index contributed by atoms with van der Waals surface area (Å²) in [4.78, 5) is 22.2. The van der Waals surface area contributed by atoms with Crippen LogP contribution in [0, 0.1) is 24.6 Å². The second kappa shape index (κ2) is 8.73. The van der Waals surface area contributed by atoms with E-state index in [1.54, 1.807) is 12.1 Å². The number of fused-ring (bicyclic) bond motifs is 4. The fourth-order valence-corrected chi connectivity index (χ4v) is 6.33. The van der Waals surface area contributed by atoms with Crippen molar-refractivity contribution in [2.75, 3.05) is 19.6 Å². The summed E-state index contributed by atoms with van der Waals surface area (Å²) in [5.41, 5.74) is 1.01. The highest BCUT2D eigenvalue weighted by Crippen LogP contribution is 2.42. The van der Waals surface area contributed by atoms with E-state index < -0.39 is 0 Å². The summed E-state index contributed by atoms with van der Waals surface area (Å²) in [6.45, 7) is 6.27. The molecule has 0 radical (unpaired) electrons. The highest BCUT2D eigenvalue weighted by atomic mass is 19.1. The Morgan fingerprint density at radius 1 is 1.19 bits per heavy atom. The lowest BCUT2D eigenvalue weighted by Crippen LogP contribution is -2.65. The van der Waals surface area contributed by atoms with Crippen LogP contribution in [0.3, 0.4) is 0 Å². The van der Waals surface area contributed by atoms with Crippen molar-refractivity contribution in [3.05, 3.63) is 53.9 Å². The Kier molecular flexibility index (Phi) is 5.83. The zero-order valence-electron chi connectivity index (χ0n) is 18.4. The molecule has 0 unspecified atom stereocenters. The van der Waals surface area contributed by atoms with Crippen molar-refractivity contribution < 1.29 is 9.18 Å². The molecule has 3 fully saturated rings. The number of likely N-dealkylation sites (tertiary alicyclic amines) is 1. The summed E-state index contributed by atoms with van der Waals surface area (Å²) in [5, 5.41) is 0. The smallest absolute Gasteiger partial charge is 0.223 e. The Morgan fingerprint density at radius 2 is 2.06 bits per heavy atom. The minimum atomic E-state index is -0.187. The van der Waals surface area contributed by atoms with Crippen molar-refractivity contribution in [1.82, 2.24) is 19.4 Å². The van der Waals surface area contributed by atoms with E-state index in [1.807, 2.05) is 12.3 Å². The fourth-order valence-electron chi connectivity index (χ4n) is 6.33. The van der Waals surface area contributed by atoms with Crippen LogP contribution >= 0.6 is 0 Å². The maximum absolute atomic E-state index is 13.8. The Morgan fingerprint density at radius 3 is 2.87 bits per heavy atom. The number of halogens is 1. The van der Waals surface area contributed by atoms with Crippen molar-refractivity contribution in [2.24, 2.45) is 11.8 Å². The van der Waals surface area contributed by atoms with E-state index in [-0.39, 0.29) is 11.9 Å². The number of nitrogens with zero attached hydrogens (tertiary/aromatic N) is 4. The van der Waals surface area contributed by atoms with Gasteiger partial charge in [-0.3, -0.25) is 4.79 Å². The first kappa shape index (κ1) is 20.7. The van der Waals surface area contributed by atoms with Crippen LogP contribution in [0.25, 0.3) is 0 Å². The Labute approximate surface area is 184 Å². The van der Waals surface area contributed by atoms with Gasteiger partial charge in [0.25, 0.3) is 0 Å². The van der Waals surface area contributed by atoms with Gasteiger partial charge in [0.15, 0.2) is 0 Å². The largest absolute Gasteiger partial charge is 0.336 e. The summed E-state index contributed by atoms with van der Waals surface area (Å²) in [5.74, 6) is 2.24. The third-order valence-corrected chi connectivity index (χ3v) is 7.70. The van der Waals surface area contributed by atoms with Crippen molar-refractivity contribution >= 4 is 5.91 Å². The van der Waals surface area contributed by atoms with Gasteiger partial charge < -0.3 is 14.4 Å². The number of amides is 1. The molecule has 1 aromatic heterocycles. The lowest BCUT2D eigenvalue weighted by atomic mass is 9.70. The molecular formula is C25H33FN4O. The molecule has 5 nitrogen and oxygen atoms in total. The number of hydrogen-bond donors (Lipinski definition) is 0. The predicted molar refractivity (Wildman–Crippen MR) is 118 cm³/mol. The van der Waals surface area contributed by atoms with Crippen molar-refractivity contribution in [3.8, 4) is 0 Å². The van der Waals surface area contributed by atoms with E-state index in [0.29, 0.717) is 30.2 Å². The van der Waals surface area contributed by atoms with E-state index in [0.717, 1.165) is 63.3 Å². The molecule has 166 valence electrons. The standard InChI is InChI=1S/C25H33FN4O/c1-18-27-9-12-29(18)11-4-10-28-16-20-15-21(17-28)24(14-19-5-2-6-22(26)13-19)30-23(20)7-3-8-25(30)31/h2,5-6,9,12-13,20-21,23-24H,3-4,7-8,10-11,14-17H2,1H3/t20-,21+,23+,24+/m1/s1. The van der Waals surface area contributed by atoms with Gasteiger partial charge in [-0.25, -0.2) is 9.37 Å². The van der Waals surface area contributed by atoms with Gasteiger partial charge in [-0.15, -0.1) is 0 Å². The molecule has 3 aliphatic rings. The molecule has 5 rings (SSSR count). The monoisotopic (exact) mass is 424 g/mol. The molecule has 3 aliphatic heterocycles. The molecule has 2 bridgehead atoms. The number of piperidine rings is 3. The van der Waals surface area contributed by atoms with E-state index in [9.17, 15) is 9.18 Å². The summed E-state index contributed by atoms with van der Waals surface area (Å²) in [7, 11) is 0. The second-order valence-corrected chi connectivity index (χ2v) is 9.70. The van der Waals surface area contributed by atoms with Gasteiger partial charge in [-0.2, -0.15) is 0 Å². The maximum Gasteiger partial charge on any atom is 0.223 e. The lowest BCUT2D eigenvalue weighted by Gasteiger charge is -2.57. The molecule has 4 atom stereocenters. The first-order chi connectivity index (χ1) is 15.1. The zero-order valence-corrected chi connectivity index (χ0v) is 18.4. The molecule has 1 aromatic carbocycles. The van der Waals surface area contributed by atoms with Gasteiger partial charge in [-0.1, -0.05) is 12.1 Å². The van der Waals surface area contributed by atoms with Gasteiger partial charge in [0, 0.05) is 50.5 Å². The number of hydrogen-bond acceptors (Lipinski definition) is 3. The topological polar surface area (TPSA) is 41.4 Å². The first-order valence-electron chi connectivity index (χ1n) is 11.8. The van der Waals surface area contributed by atoms with E-state index >= 15 is 0 Å². The molecule has 2 aromatic rings. The van der Waals surface area contributed by atoms with Gasteiger partial charge in [0.2, 0.25) is 5.91 Å². The first-order valence-corrected chi connectivity index (χ1v) is 11.8. The van der Waals surface area contributed by atoms with Crippen LogP contribution in [-0.4, -0.2) is 57.0 Å². The fraction of sp³-hybridized carbons (Fsp3) is 0.600. The van der Waals surface area contributed by atoms with E-state index in [4.69, 9.17) is 0 Å². The molecule has 0 saturated carbocycles. The molecule has 0 aliphatic carbocycles. The number of rotatable bonds is 6. The van der Waals surface area contributed by atoms with Gasteiger partial charge in [-0.05, 0) is 75.1 Å². The average molecular weight is 425 g/mol. The summed E-state index contributed by atoms with van der Waals surface area (Å²) in [6, 6.07) is 7.48. The second-order valence-electron chi connectivity index (χ2n) is 9.70. The summed E-state index contributed by atoms with van der Waals surface area (Å²) in [6.07, 6.45) is 9.79. The molecule has 31 heavy (non-hydrogen) atoms.